The van der Waals surface area contributed by atoms with Gasteiger partial charge in [-0.2, -0.15) is 5.10 Å². The molecule has 0 bridgehead atoms. The Morgan fingerprint density at radius 1 is 1.11 bits per heavy atom. The number of rotatable bonds is 7. The molecular weight excluding hydrogens is 470 g/mol. The SMILES string of the molecule is COc1cccc([C@H]2O[C@H](CCn3nccc3C(=O)O)c3cccn3-c3ccc(Cl)cc32)c1OC. The Balaban J connectivity index is 1.61. The predicted octanol–water partition coefficient (Wildman–Crippen LogP) is 5.29. The highest BCUT2D eigenvalue weighted by Crippen LogP contribution is 2.46. The fourth-order valence-electron chi connectivity index (χ4n) is 4.65. The van der Waals surface area contributed by atoms with Crippen molar-refractivity contribution < 1.29 is 24.1 Å². The van der Waals surface area contributed by atoms with Gasteiger partial charge in [-0.25, -0.2) is 4.79 Å². The number of hydrogen-bond acceptors (Lipinski definition) is 5. The van der Waals surface area contributed by atoms with Gasteiger partial charge in [0.2, 0.25) is 0 Å². The van der Waals surface area contributed by atoms with Crippen LogP contribution in [0.25, 0.3) is 5.69 Å². The molecule has 35 heavy (non-hydrogen) atoms. The van der Waals surface area contributed by atoms with E-state index in [1.165, 1.54) is 16.9 Å². The zero-order valence-corrected chi connectivity index (χ0v) is 20.0. The van der Waals surface area contributed by atoms with Crippen molar-refractivity contribution in [3.05, 3.63) is 94.5 Å². The first-order valence-electron chi connectivity index (χ1n) is 11.1. The van der Waals surface area contributed by atoms with Gasteiger partial charge in [0.25, 0.3) is 0 Å². The number of carboxylic acids is 1. The summed E-state index contributed by atoms with van der Waals surface area (Å²) in [6.07, 6.45) is 3.08. The Kier molecular flexibility index (Phi) is 6.23. The van der Waals surface area contributed by atoms with Gasteiger partial charge in [0, 0.05) is 35.1 Å². The number of fused-ring (bicyclic) bond motifs is 3. The van der Waals surface area contributed by atoms with E-state index in [-0.39, 0.29) is 11.8 Å². The van der Waals surface area contributed by atoms with Gasteiger partial charge in [-0.3, -0.25) is 4.68 Å². The van der Waals surface area contributed by atoms with Crippen molar-refractivity contribution in [1.29, 1.82) is 0 Å². The van der Waals surface area contributed by atoms with Crippen molar-refractivity contribution in [3.8, 4) is 17.2 Å². The maximum absolute atomic E-state index is 11.6. The molecule has 180 valence electrons. The minimum atomic E-state index is -1.02. The monoisotopic (exact) mass is 493 g/mol. The van der Waals surface area contributed by atoms with E-state index in [2.05, 4.69) is 9.67 Å². The number of halogens is 1. The average Bonchev–Trinajstić information content (AvgIpc) is 3.51. The van der Waals surface area contributed by atoms with Crippen molar-refractivity contribution in [3.63, 3.8) is 0 Å². The van der Waals surface area contributed by atoms with E-state index in [9.17, 15) is 9.90 Å². The largest absolute Gasteiger partial charge is 0.493 e. The van der Waals surface area contributed by atoms with Crippen molar-refractivity contribution in [2.24, 2.45) is 0 Å². The quantitative estimate of drug-likeness (QED) is 0.376. The summed E-state index contributed by atoms with van der Waals surface area (Å²) in [5, 5.41) is 14.2. The van der Waals surface area contributed by atoms with Gasteiger partial charge in [-0.15, -0.1) is 0 Å². The average molecular weight is 494 g/mol. The lowest BCUT2D eigenvalue weighted by molar-refractivity contribution is -0.00187. The molecule has 0 saturated heterocycles. The van der Waals surface area contributed by atoms with Crippen LogP contribution in [0.15, 0.2) is 67.0 Å². The highest BCUT2D eigenvalue weighted by molar-refractivity contribution is 6.30. The molecular formula is C26H24ClN3O5. The van der Waals surface area contributed by atoms with Crippen molar-refractivity contribution in [2.45, 2.75) is 25.2 Å². The molecule has 9 heteroatoms. The molecule has 1 N–H and O–H groups in total. The van der Waals surface area contributed by atoms with E-state index in [0.717, 1.165) is 22.5 Å². The van der Waals surface area contributed by atoms with Crippen LogP contribution in [0.4, 0.5) is 0 Å². The lowest BCUT2D eigenvalue weighted by Crippen LogP contribution is -2.16. The molecule has 0 saturated carbocycles. The second-order valence-electron chi connectivity index (χ2n) is 8.13. The van der Waals surface area contributed by atoms with Crippen LogP contribution < -0.4 is 9.47 Å². The number of nitrogens with zero attached hydrogens (tertiary/aromatic N) is 3. The molecule has 2 aromatic carbocycles. The van der Waals surface area contributed by atoms with E-state index in [4.69, 9.17) is 25.8 Å². The number of methoxy groups -OCH3 is 2. The summed E-state index contributed by atoms with van der Waals surface area (Å²) >= 11 is 6.44. The van der Waals surface area contributed by atoms with Gasteiger partial charge < -0.3 is 23.9 Å². The van der Waals surface area contributed by atoms with Gasteiger partial charge in [0.05, 0.1) is 25.6 Å². The highest BCUT2D eigenvalue weighted by atomic mass is 35.5. The Morgan fingerprint density at radius 3 is 2.74 bits per heavy atom. The molecule has 3 heterocycles. The Bertz CT molecular complexity index is 1380. The van der Waals surface area contributed by atoms with E-state index in [0.29, 0.717) is 29.5 Å². The number of aryl methyl sites for hydroxylation is 1. The molecule has 0 amide bonds. The zero-order chi connectivity index (χ0) is 24.5. The first-order valence-corrected chi connectivity index (χ1v) is 11.5. The predicted molar refractivity (Wildman–Crippen MR) is 130 cm³/mol. The van der Waals surface area contributed by atoms with E-state index in [1.54, 1.807) is 14.2 Å². The summed E-state index contributed by atoms with van der Waals surface area (Å²) in [5.41, 5.74) is 3.71. The maximum atomic E-state index is 11.6. The molecule has 5 rings (SSSR count). The normalized spacial score (nSPS) is 16.8. The fraction of sp³-hybridized carbons (Fsp3) is 0.231. The molecule has 1 aliphatic rings. The molecule has 4 aromatic rings. The van der Waals surface area contributed by atoms with Crippen molar-refractivity contribution in [1.82, 2.24) is 14.3 Å². The third-order valence-corrected chi connectivity index (χ3v) is 6.43. The third-order valence-electron chi connectivity index (χ3n) is 6.20. The topological polar surface area (TPSA) is 87.7 Å². The number of carbonyl (C=O) groups is 1. The molecule has 0 aliphatic carbocycles. The molecule has 0 radical (unpaired) electrons. The van der Waals surface area contributed by atoms with Crippen molar-refractivity contribution >= 4 is 17.6 Å². The van der Waals surface area contributed by atoms with Gasteiger partial charge in [-0.1, -0.05) is 23.7 Å². The Morgan fingerprint density at radius 2 is 1.97 bits per heavy atom. The number of benzene rings is 2. The smallest absolute Gasteiger partial charge is 0.354 e. The first-order chi connectivity index (χ1) is 17.0. The summed E-state index contributed by atoms with van der Waals surface area (Å²) in [7, 11) is 3.20. The number of para-hydroxylation sites is 1. The Hall–Kier alpha value is -3.75. The second kappa shape index (κ2) is 9.48. The molecule has 2 aromatic heterocycles. The number of aromatic carboxylic acids is 1. The minimum absolute atomic E-state index is 0.134. The summed E-state index contributed by atoms with van der Waals surface area (Å²) in [6, 6.07) is 16.9. The van der Waals surface area contributed by atoms with Crippen LogP contribution in [0.2, 0.25) is 5.02 Å². The summed E-state index contributed by atoms with van der Waals surface area (Å²) < 4.78 is 21.6. The summed E-state index contributed by atoms with van der Waals surface area (Å²) in [6.45, 7) is 0.365. The number of aromatic nitrogens is 3. The number of hydrogen-bond donors (Lipinski definition) is 1. The lowest BCUT2D eigenvalue weighted by Gasteiger charge is -2.25. The van der Waals surface area contributed by atoms with Crippen LogP contribution in [0.3, 0.4) is 0 Å². The van der Waals surface area contributed by atoms with E-state index < -0.39 is 12.1 Å². The molecule has 2 atom stereocenters. The lowest BCUT2D eigenvalue weighted by atomic mass is 9.98. The van der Waals surface area contributed by atoms with Gasteiger partial charge in [0.15, 0.2) is 11.5 Å². The van der Waals surface area contributed by atoms with Crippen LogP contribution in [-0.2, 0) is 11.3 Å². The van der Waals surface area contributed by atoms with E-state index >= 15 is 0 Å². The zero-order valence-electron chi connectivity index (χ0n) is 19.2. The van der Waals surface area contributed by atoms with Gasteiger partial charge in [-0.05, 0) is 48.9 Å². The standard InChI is InChI=1S/C26H24ClN3O5/c1-33-23-7-3-5-17(25(23)34-2)24-18-15-16(27)8-9-19(18)29-13-4-6-20(29)22(35-24)11-14-30-21(26(31)32)10-12-28-30/h3-10,12-13,15,22,24H,11,14H2,1-2H3,(H,31,32)/t22-,24-/m1/s1. The first kappa shape index (κ1) is 23.0. The molecule has 0 fully saturated rings. The number of carboxylic acid groups (broad SMARTS) is 1. The second-order valence-corrected chi connectivity index (χ2v) is 8.56. The van der Waals surface area contributed by atoms with E-state index in [1.807, 2.05) is 54.7 Å². The summed E-state index contributed by atoms with van der Waals surface area (Å²) in [5.74, 6) is 0.158. The van der Waals surface area contributed by atoms with Crippen molar-refractivity contribution in [2.75, 3.05) is 14.2 Å². The third kappa shape index (κ3) is 4.15. The fourth-order valence-corrected chi connectivity index (χ4v) is 4.83. The van der Waals surface area contributed by atoms with Crippen LogP contribution in [-0.4, -0.2) is 39.6 Å². The molecule has 1 aliphatic heterocycles. The summed E-state index contributed by atoms with van der Waals surface area (Å²) in [4.78, 5) is 11.6. The van der Waals surface area contributed by atoms with Crippen LogP contribution >= 0.6 is 11.6 Å². The minimum Gasteiger partial charge on any atom is -0.493 e. The van der Waals surface area contributed by atoms with Crippen LogP contribution in [0.1, 0.15) is 45.9 Å². The number of ether oxygens (including phenoxy) is 3. The highest BCUT2D eigenvalue weighted by Gasteiger charge is 2.33. The Labute approximate surface area is 207 Å². The van der Waals surface area contributed by atoms with Gasteiger partial charge >= 0.3 is 5.97 Å². The van der Waals surface area contributed by atoms with Crippen LogP contribution in [0.5, 0.6) is 11.5 Å². The molecule has 0 spiro atoms. The van der Waals surface area contributed by atoms with Gasteiger partial charge in [0.1, 0.15) is 17.9 Å². The maximum Gasteiger partial charge on any atom is 0.354 e. The molecule has 0 unspecified atom stereocenters. The van der Waals surface area contributed by atoms with Crippen LogP contribution in [0, 0.1) is 0 Å². The molecule has 8 nitrogen and oxygen atoms in total.